The third-order valence-electron chi connectivity index (χ3n) is 4.18. The lowest BCUT2D eigenvalue weighted by molar-refractivity contribution is 0.360. The molecule has 3 unspecified atom stereocenters. The lowest BCUT2D eigenvalue weighted by Crippen LogP contribution is -2.38. The Labute approximate surface area is 97.4 Å². The summed E-state index contributed by atoms with van der Waals surface area (Å²) in [5.74, 6) is 3.91. The minimum Gasteiger partial charge on any atom is -0.466 e. The van der Waals surface area contributed by atoms with E-state index in [1.165, 1.54) is 25.0 Å². The van der Waals surface area contributed by atoms with Crippen molar-refractivity contribution in [2.45, 2.75) is 51.0 Å². The fourth-order valence-electron chi connectivity index (χ4n) is 2.90. The Morgan fingerprint density at radius 3 is 2.94 bits per heavy atom. The SMILES string of the molecule is CC1CC1c1ccc(CC2(C)CCCN2)o1. The number of hydrogen-bond donors (Lipinski definition) is 1. The van der Waals surface area contributed by atoms with Crippen LogP contribution in [0.25, 0.3) is 0 Å². The van der Waals surface area contributed by atoms with Crippen LogP contribution in [-0.2, 0) is 6.42 Å². The van der Waals surface area contributed by atoms with E-state index in [0.29, 0.717) is 5.92 Å². The first-order valence-electron chi connectivity index (χ1n) is 6.50. The van der Waals surface area contributed by atoms with Crippen LogP contribution in [0.4, 0.5) is 0 Å². The normalized spacial score (nSPS) is 37.9. The van der Waals surface area contributed by atoms with Crippen molar-refractivity contribution in [1.82, 2.24) is 5.32 Å². The first-order chi connectivity index (χ1) is 7.66. The molecular formula is C14H21NO. The Balaban J connectivity index is 1.68. The fourth-order valence-corrected chi connectivity index (χ4v) is 2.90. The van der Waals surface area contributed by atoms with Crippen molar-refractivity contribution in [3.63, 3.8) is 0 Å². The Morgan fingerprint density at radius 1 is 1.50 bits per heavy atom. The summed E-state index contributed by atoms with van der Waals surface area (Å²) in [4.78, 5) is 0. The van der Waals surface area contributed by atoms with Crippen LogP contribution in [0.1, 0.15) is 50.5 Å². The summed E-state index contributed by atoms with van der Waals surface area (Å²) in [6, 6.07) is 4.35. The highest BCUT2D eigenvalue weighted by Gasteiger charge is 2.37. The van der Waals surface area contributed by atoms with E-state index < -0.39 is 0 Å². The largest absolute Gasteiger partial charge is 0.466 e. The van der Waals surface area contributed by atoms with Gasteiger partial charge >= 0.3 is 0 Å². The highest BCUT2D eigenvalue weighted by Crippen LogP contribution is 2.47. The molecule has 0 amide bonds. The smallest absolute Gasteiger partial charge is 0.107 e. The average molecular weight is 219 g/mol. The monoisotopic (exact) mass is 219 g/mol. The van der Waals surface area contributed by atoms with Gasteiger partial charge in [-0.3, -0.25) is 0 Å². The Hall–Kier alpha value is -0.760. The molecular weight excluding hydrogens is 198 g/mol. The van der Waals surface area contributed by atoms with Crippen molar-refractivity contribution in [1.29, 1.82) is 0 Å². The van der Waals surface area contributed by atoms with Gasteiger partial charge in [0, 0.05) is 17.9 Å². The fraction of sp³-hybridized carbons (Fsp3) is 0.714. The van der Waals surface area contributed by atoms with E-state index >= 15 is 0 Å². The molecule has 1 aromatic rings. The van der Waals surface area contributed by atoms with E-state index in [-0.39, 0.29) is 5.54 Å². The molecule has 1 aliphatic carbocycles. The van der Waals surface area contributed by atoms with Gasteiger partial charge in [-0.15, -0.1) is 0 Å². The van der Waals surface area contributed by atoms with Gasteiger partial charge in [0.15, 0.2) is 0 Å². The molecule has 2 heteroatoms. The lowest BCUT2D eigenvalue weighted by Gasteiger charge is -2.22. The molecule has 1 N–H and O–H groups in total. The van der Waals surface area contributed by atoms with Gasteiger partial charge in [-0.25, -0.2) is 0 Å². The van der Waals surface area contributed by atoms with E-state index in [9.17, 15) is 0 Å². The van der Waals surface area contributed by atoms with Crippen LogP contribution < -0.4 is 5.32 Å². The minimum absolute atomic E-state index is 0.268. The predicted octanol–water partition coefficient (Wildman–Crippen LogP) is 3.09. The van der Waals surface area contributed by atoms with Crippen molar-refractivity contribution >= 4 is 0 Å². The van der Waals surface area contributed by atoms with E-state index in [1.807, 2.05) is 0 Å². The molecule has 2 aliphatic rings. The maximum Gasteiger partial charge on any atom is 0.107 e. The van der Waals surface area contributed by atoms with Crippen molar-refractivity contribution in [2.75, 3.05) is 6.54 Å². The van der Waals surface area contributed by atoms with Crippen molar-refractivity contribution < 1.29 is 4.42 Å². The van der Waals surface area contributed by atoms with Gasteiger partial charge < -0.3 is 9.73 Å². The molecule has 0 bridgehead atoms. The standard InChI is InChI=1S/C14H21NO/c1-10-8-12(10)13-5-4-11(16-13)9-14(2)6-3-7-15-14/h4-5,10,12,15H,3,6-9H2,1-2H3. The summed E-state index contributed by atoms with van der Waals surface area (Å²) in [7, 11) is 0. The first-order valence-corrected chi connectivity index (χ1v) is 6.50. The van der Waals surface area contributed by atoms with Crippen LogP contribution in [0.15, 0.2) is 16.5 Å². The summed E-state index contributed by atoms with van der Waals surface area (Å²) in [5, 5.41) is 3.58. The molecule has 16 heavy (non-hydrogen) atoms. The van der Waals surface area contributed by atoms with Gasteiger partial charge in [-0.2, -0.15) is 0 Å². The van der Waals surface area contributed by atoms with Crippen LogP contribution >= 0.6 is 0 Å². The Bertz CT molecular complexity index is 376. The van der Waals surface area contributed by atoms with Crippen molar-refractivity contribution in [3.8, 4) is 0 Å². The second-order valence-corrected chi connectivity index (χ2v) is 5.89. The molecule has 1 aliphatic heterocycles. The van der Waals surface area contributed by atoms with Crippen molar-refractivity contribution in [3.05, 3.63) is 23.7 Å². The quantitative estimate of drug-likeness (QED) is 0.845. The zero-order chi connectivity index (χ0) is 11.2. The second-order valence-electron chi connectivity index (χ2n) is 5.89. The van der Waals surface area contributed by atoms with Gasteiger partial charge in [0.2, 0.25) is 0 Å². The van der Waals surface area contributed by atoms with Crippen LogP contribution in [0.5, 0.6) is 0 Å². The maximum absolute atomic E-state index is 5.97. The van der Waals surface area contributed by atoms with Gasteiger partial charge in [-0.1, -0.05) is 6.92 Å². The van der Waals surface area contributed by atoms with Crippen LogP contribution in [0.3, 0.4) is 0 Å². The number of nitrogens with one attached hydrogen (secondary N) is 1. The molecule has 88 valence electrons. The molecule has 3 rings (SSSR count). The molecule has 1 saturated carbocycles. The molecule has 0 spiro atoms. The summed E-state index contributed by atoms with van der Waals surface area (Å²) in [6.45, 7) is 5.76. The van der Waals surface area contributed by atoms with Crippen molar-refractivity contribution in [2.24, 2.45) is 5.92 Å². The molecule has 2 heterocycles. The summed E-state index contributed by atoms with van der Waals surface area (Å²) in [6.07, 6.45) is 4.91. The maximum atomic E-state index is 5.97. The number of furan rings is 1. The third kappa shape index (κ3) is 1.91. The molecule has 1 aromatic heterocycles. The van der Waals surface area contributed by atoms with Crippen LogP contribution in [-0.4, -0.2) is 12.1 Å². The third-order valence-corrected chi connectivity index (χ3v) is 4.18. The lowest BCUT2D eigenvalue weighted by atomic mass is 9.95. The average Bonchev–Trinajstić information content (AvgIpc) is 2.67. The van der Waals surface area contributed by atoms with Crippen LogP contribution in [0, 0.1) is 5.92 Å². The van der Waals surface area contributed by atoms with Gasteiger partial charge in [0.05, 0.1) is 0 Å². The highest BCUT2D eigenvalue weighted by atomic mass is 16.3. The molecule has 2 fully saturated rings. The molecule has 3 atom stereocenters. The summed E-state index contributed by atoms with van der Waals surface area (Å²) >= 11 is 0. The summed E-state index contributed by atoms with van der Waals surface area (Å²) in [5.41, 5.74) is 0.268. The predicted molar refractivity (Wildman–Crippen MR) is 64.6 cm³/mol. The van der Waals surface area contributed by atoms with E-state index in [4.69, 9.17) is 4.42 Å². The highest BCUT2D eigenvalue weighted by molar-refractivity contribution is 5.19. The van der Waals surface area contributed by atoms with Crippen LogP contribution in [0.2, 0.25) is 0 Å². The topological polar surface area (TPSA) is 25.2 Å². The molecule has 0 aromatic carbocycles. The minimum atomic E-state index is 0.268. The van der Waals surface area contributed by atoms with Gasteiger partial charge in [0.25, 0.3) is 0 Å². The second kappa shape index (κ2) is 3.63. The number of rotatable bonds is 3. The van der Waals surface area contributed by atoms with E-state index in [2.05, 4.69) is 31.3 Å². The number of hydrogen-bond acceptors (Lipinski definition) is 2. The molecule has 0 radical (unpaired) electrons. The van der Waals surface area contributed by atoms with Gasteiger partial charge in [-0.05, 0) is 50.8 Å². The molecule has 2 nitrogen and oxygen atoms in total. The Kier molecular flexibility index (Phi) is 2.36. The van der Waals surface area contributed by atoms with E-state index in [1.54, 1.807) is 0 Å². The Morgan fingerprint density at radius 2 is 2.31 bits per heavy atom. The zero-order valence-electron chi connectivity index (χ0n) is 10.3. The molecule has 1 saturated heterocycles. The van der Waals surface area contributed by atoms with Gasteiger partial charge in [0.1, 0.15) is 11.5 Å². The summed E-state index contributed by atoms with van der Waals surface area (Å²) < 4.78 is 5.97. The zero-order valence-corrected chi connectivity index (χ0v) is 10.3. The first kappa shape index (κ1) is 10.4. The van der Waals surface area contributed by atoms with E-state index in [0.717, 1.165) is 24.6 Å².